The van der Waals surface area contributed by atoms with Gasteiger partial charge in [0, 0.05) is 13.1 Å². The molecule has 1 saturated heterocycles. The molecule has 82 valence electrons. The van der Waals surface area contributed by atoms with Gasteiger partial charge in [-0.3, -0.25) is 0 Å². The Morgan fingerprint density at radius 1 is 1.24 bits per heavy atom. The minimum Gasteiger partial charge on any atom is -0.485 e. The van der Waals surface area contributed by atoms with Crippen LogP contribution in [0.3, 0.4) is 0 Å². The minimum atomic E-state index is -1.40. The van der Waals surface area contributed by atoms with Gasteiger partial charge in [0.05, 0.1) is 23.5 Å². The van der Waals surface area contributed by atoms with Gasteiger partial charge < -0.3 is 9.64 Å². The molecule has 0 saturated carbocycles. The summed E-state index contributed by atoms with van der Waals surface area (Å²) in [7, 11) is 16.3. The van der Waals surface area contributed by atoms with E-state index in [1.807, 2.05) is 0 Å². The largest absolute Gasteiger partial charge is 0.485 e. The van der Waals surface area contributed by atoms with Gasteiger partial charge in [0.25, 0.3) is 0 Å². The molecule has 0 aliphatic carbocycles. The lowest BCUT2D eigenvalue weighted by Gasteiger charge is -2.48. The van der Waals surface area contributed by atoms with Crippen LogP contribution in [0.15, 0.2) is 18.2 Å². The van der Waals surface area contributed by atoms with Crippen LogP contribution in [-0.4, -0.2) is 52.9 Å². The second kappa shape index (κ2) is 4.37. The van der Waals surface area contributed by atoms with Crippen molar-refractivity contribution in [3.8, 4) is 5.75 Å². The SMILES string of the molecule is [B]C([B])([B])N1CC(Oc2cccc(F)c2F)C1. The quantitative estimate of drug-likeness (QED) is 0.683. The highest BCUT2D eigenvalue weighted by Gasteiger charge is 2.35. The fourth-order valence-corrected chi connectivity index (χ4v) is 1.58. The van der Waals surface area contributed by atoms with Crippen LogP contribution < -0.4 is 4.74 Å². The summed E-state index contributed by atoms with van der Waals surface area (Å²) in [6.07, 6.45) is -0.290. The summed E-state index contributed by atoms with van der Waals surface area (Å²) < 4.78 is 31.4. The average molecular weight is 229 g/mol. The molecule has 6 radical (unpaired) electrons. The lowest BCUT2D eigenvalue weighted by atomic mass is 9.47. The molecule has 2 rings (SSSR count). The second-order valence-corrected chi connectivity index (χ2v) is 4.08. The van der Waals surface area contributed by atoms with Crippen molar-refractivity contribution >= 4 is 23.5 Å². The molecule has 0 atom stereocenters. The first-order valence-electron chi connectivity index (χ1n) is 5.10. The van der Waals surface area contributed by atoms with E-state index in [0.717, 1.165) is 6.07 Å². The number of halogens is 2. The summed E-state index contributed by atoms with van der Waals surface area (Å²) in [5.41, 5.74) is 0. The molecule has 1 aromatic carbocycles. The Kier molecular flexibility index (Phi) is 3.21. The fraction of sp³-hybridized carbons (Fsp3) is 0.400. The van der Waals surface area contributed by atoms with Gasteiger partial charge in [-0.1, -0.05) is 11.3 Å². The summed E-state index contributed by atoms with van der Waals surface area (Å²) in [5, 5.41) is -1.40. The standard InChI is InChI=1S/C10H8B3F2NO/c11-10(12,13)16-4-6(5-16)17-8-3-1-2-7(14)9(8)15/h1-3,6H,4-5H2. The molecule has 0 bridgehead atoms. The molecule has 0 unspecified atom stereocenters. The maximum Gasteiger partial charge on any atom is 0.200 e. The molecular weight excluding hydrogens is 221 g/mol. The van der Waals surface area contributed by atoms with Gasteiger partial charge in [-0.15, -0.1) is 0 Å². The van der Waals surface area contributed by atoms with Crippen molar-refractivity contribution in [3.05, 3.63) is 29.8 Å². The van der Waals surface area contributed by atoms with Gasteiger partial charge in [-0.05, 0) is 12.1 Å². The minimum absolute atomic E-state index is 0.119. The topological polar surface area (TPSA) is 12.5 Å². The zero-order chi connectivity index (χ0) is 12.6. The number of hydrogen-bond acceptors (Lipinski definition) is 2. The van der Waals surface area contributed by atoms with Crippen molar-refractivity contribution in [2.45, 2.75) is 11.3 Å². The summed E-state index contributed by atoms with van der Waals surface area (Å²) in [6, 6.07) is 3.77. The highest BCUT2D eigenvalue weighted by atomic mass is 19.2. The fourth-order valence-electron chi connectivity index (χ4n) is 1.58. The molecule has 0 spiro atoms. The smallest absolute Gasteiger partial charge is 0.200 e. The molecule has 1 aliphatic heterocycles. The van der Waals surface area contributed by atoms with E-state index in [9.17, 15) is 8.78 Å². The number of hydrogen-bond donors (Lipinski definition) is 0. The third-order valence-corrected chi connectivity index (χ3v) is 2.61. The van der Waals surface area contributed by atoms with Crippen molar-refractivity contribution in [3.63, 3.8) is 0 Å². The molecule has 2 nitrogen and oxygen atoms in total. The Balaban J connectivity index is 1.94. The van der Waals surface area contributed by atoms with Crippen LogP contribution in [0.5, 0.6) is 5.75 Å². The molecular formula is C10H8B3F2NO. The van der Waals surface area contributed by atoms with Crippen molar-refractivity contribution in [2.75, 3.05) is 13.1 Å². The van der Waals surface area contributed by atoms with E-state index in [1.54, 1.807) is 4.90 Å². The van der Waals surface area contributed by atoms with Crippen LogP contribution in [0.4, 0.5) is 8.78 Å². The number of likely N-dealkylation sites (tertiary alicyclic amines) is 1. The van der Waals surface area contributed by atoms with Crippen LogP contribution in [-0.2, 0) is 0 Å². The normalized spacial score (nSPS) is 17.8. The lowest BCUT2D eigenvalue weighted by Crippen LogP contribution is -2.65. The number of ether oxygens (including phenoxy) is 1. The average Bonchev–Trinajstić information content (AvgIpc) is 2.15. The number of rotatable bonds is 3. The predicted octanol–water partition coefficient (Wildman–Crippen LogP) is 0.145. The van der Waals surface area contributed by atoms with Gasteiger partial charge in [0.15, 0.2) is 11.6 Å². The van der Waals surface area contributed by atoms with Crippen molar-refractivity contribution < 1.29 is 13.5 Å². The van der Waals surface area contributed by atoms with Gasteiger partial charge in [0.1, 0.15) is 6.10 Å². The van der Waals surface area contributed by atoms with E-state index in [2.05, 4.69) is 0 Å². The van der Waals surface area contributed by atoms with Crippen LogP contribution in [0.2, 0.25) is 0 Å². The van der Waals surface area contributed by atoms with Gasteiger partial charge >= 0.3 is 0 Å². The van der Waals surface area contributed by atoms with Gasteiger partial charge in [-0.2, -0.15) is 4.39 Å². The first-order valence-corrected chi connectivity index (χ1v) is 5.10. The van der Waals surface area contributed by atoms with E-state index in [1.165, 1.54) is 12.1 Å². The van der Waals surface area contributed by atoms with E-state index >= 15 is 0 Å². The number of benzene rings is 1. The first kappa shape index (κ1) is 12.5. The Labute approximate surface area is 103 Å². The zero-order valence-corrected chi connectivity index (χ0v) is 9.07. The van der Waals surface area contributed by atoms with Crippen molar-refractivity contribution in [2.24, 2.45) is 0 Å². The molecule has 17 heavy (non-hydrogen) atoms. The zero-order valence-electron chi connectivity index (χ0n) is 9.07. The monoisotopic (exact) mass is 229 g/mol. The van der Waals surface area contributed by atoms with Crippen molar-refractivity contribution in [1.82, 2.24) is 4.90 Å². The molecule has 7 heteroatoms. The molecule has 1 heterocycles. The molecule has 1 fully saturated rings. The maximum atomic E-state index is 13.3. The van der Waals surface area contributed by atoms with E-state index in [0.29, 0.717) is 13.1 Å². The third kappa shape index (κ3) is 2.65. The van der Waals surface area contributed by atoms with Crippen LogP contribution >= 0.6 is 0 Å². The maximum absolute atomic E-state index is 13.3. The molecule has 0 N–H and O–H groups in total. The second-order valence-electron chi connectivity index (χ2n) is 4.08. The number of nitrogens with zero attached hydrogens (tertiary/aromatic N) is 1. The Bertz CT molecular complexity index is 419. The van der Waals surface area contributed by atoms with Crippen molar-refractivity contribution in [1.29, 1.82) is 0 Å². The third-order valence-electron chi connectivity index (χ3n) is 2.61. The summed E-state index contributed by atoms with van der Waals surface area (Å²) in [6.45, 7) is 0.749. The first-order chi connectivity index (χ1) is 7.88. The predicted molar refractivity (Wildman–Crippen MR) is 62.3 cm³/mol. The molecule has 1 aliphatic rings. The van der Waals surface area contributed by atoms with Gasteiger partial charge in [-0.25, -0.2) is 4.39 Å². The summed E-state index contributed by atoms with van der Waals surface area (Å²) >= 11 is 0. The highest BCUT2D eigenvalue weighted by molar-refractivity contribution is 6.59. The summed E-state index contributed by atoms with van der Waals surface area (Å²) in [5.74, 6) is -2.05. The van der Waals surface area contributed by atoms with Gasteiger partial charge in [0.2, 0.25) is 5.82 Å². The summed E-state index contributed by atoms with van der Waals surface area (Å²) in [4.78, 5) is 1.56. The van der Waals surface area contributed by atoms with E-state index in [4.69, 9.17) is 28.3 Å². The molecule has 0 amide bonds. The Morgan fingerprint density at radius 2 is 1.88 bits per heavy atom. The van der Waals surface area contributed by atoms with E-state index in [-0.39, 0.29) is 11.9 Å². The Morgan fingerprint density at radius 3 is 2.47 bits per heavy atom. The Hall–Kier alpha value is -0.965. The van der Waals surface area contributed by atoms with Crippen LogP contribution in [0.1, 0.15) is 0 Å². The molecule has 1 aromatic rings. The highest BCUT2D eigenvalue weighted by Crippen LogP contribution is 2.24. The van der Waals surface area contributed by atoms with Crippen LogP contribution in [0, 0.1) is 11.6 Å². The van der Waals surface area contributed by atoms with Crippen LogP contribution in [0.25, 0.3) is 0 Å². The lowest BCUT2D eigenvalue weighted by molar-refractivity contribution is 0.0143. The van der Waals surface area contributed by atoms with E-state index < -0.39 is 16.9 Å². The molecule has 0 aromatic heterocycles.